The first kappa shape index (κ1) is 18.5. The normalized spacial score (nSPS) is 15.2. The quantitative estimate of drug-likeness (QED) is 0.891. The molecular weight excluding hydrogens is 357 g/mol. The number of likely N-dealkylation sites (N-methyl/N-ethyl adjacent to an activating group) is 1. The molecule has 1 aliphatic heterocycles. The summed E-state index contributed by atoms with van der Waals surface area (Å²) in [7, 11) is 2.08. The van der Waals surface area contributed by atoms with E-state index in [0.717, 1.165) is 26.2 Å². The molecule has 138 valence electrons. The average molecular weight is 378 g/mol. The molecule has 1 aromatic heterocycles. The van der Waals surface area contributed by atoms with Gasteiger partial charge in [-0.05, 0) is 33.0 Å². The van der Waals surface area contributed by atoms with E-state index in [-0.39, 0.29) is 10.6 Å². The van der Waals surface area contributed by atoms with Crippen LogP contribution in [0.1, 0.15) is 21.7 Å². The van der Waals surface area contributed by atoms with Crippen LogP contribution in [0.25, 0.3) is 0 Å². The minimum atomic E-state index is -0.666. The van der Waals surface area contributed by atoms with Crippen LogP contribution in [0.3, 0.4) is 0 Å². The summed E-state index contributed by atoms with van der Waals surface area (Å²) in [5.41, 5.74) is 1.56. The van der Waals surface area contributed by atoms with Gasteiger partial charge in [0.15, 0.2) is 0 Å². The van der Waals surface area contributed by atoms with Gasteiger partial charge < -0.3 is 15.1 Å². The number of anilines is 2. The van der Waals surface area contributed by atoms with Crippen molar-refractivity contribution >= 4 is 29.1 Å². The van der Waals surface area contributed by atoms with Crippen LogP contribution in [0, 0.1) is 19.7 Å². The predicted molar refractivity (Wildman–Crippen MR) is 101 cm³/mol. The van der Waals surface area contributed by atoms with Gasteiger partial charge in [0.2, 0.25) is 5.95 Å². The zero-order valence-corrected chi connectivity index (χ0v) is 15.8. The summed E-state index contributed by atoms with van der Waals surface area (Å²) >= 11 is 5.97. The van der Waals surface area contributed by atoms with Crippen molar-refractivity contribution in [2.24, 2.45) is 0 Å². The molecule has 1 N–H and O–H groups in total. The molecule has 1 aromatic carbocycles. The first-order chi connectivity index (χ1) is 12.4. The summed E-state index contributed by atoms with van der Waals surface area (Å²) in [5.74, 6) is -0.634. The van der Waals surface area contributed by atoms with Crippen LogP contribution in [0.5, 0.6) is 0 Å². The molecular formula is C18H21ClFN5O. The van der Waals surface area contributed by atoms with Gasteiger partial charge in [0.25, 0.3) is 5.91 Å². The minimum Gasteiger partial charge on any atom is -0.338 e. The maximum absolute atomic E-state index is 14.0. The number of amides is 1. The highest BCUT2D eigenvalue weighted by molar-refractivity contribution is 6.34. The Morgan fingerprint density at radius 3 is 2.35 bits per heavy atom. The molecule has 0 spiro atoms. The van der Waals surface area contributed by atoms with Crippen LogP contribution in [-0.2, 0) is 0 Å². The van der Waals surface area contributed by atoms with Crippen molar-refractivity contribution < 1.29 is 9.18 Å². The molecule has 1 aliphatic rings. The number of piperazine rings is 1. The second kappa shape index (κ2) is 7.55. The first-order valence-electron chi connectivity index (χ1n) is 8.41. The number of hydrogen-bond donors (Lipinski definition) is 1. The molecule has 1 amide bonds. The van der Waals surface area contributed by atoms with Crippen LogP contribution >= 0.6 is 11.6 Å². The van der Waals surface area contributed by atoms with Gasteiger partial charge in [-0.1, -0.05) is 17.7 Å². The second-order valence-corrected chi connectivity index (χ2v) is 6.82. The number of aryl methyl sites for hydroxylation is 2. The maximum atomic E-state index is 14.0. The van der Waals surface area contributed by atoms with Crippen LogP contribution in [0.4, 0.5) is 16.0 Å². The van der Waals surface area contributed by atoms with Crippen LogP contribution < -0.4 is 10.2 Å². The molecule has 6 nitrogen and oxygen atoms in total. The van der Waals surface area contributed by atoms with E-state index in [9.17, 15) is 9.18 Å². The fourth-order valence-corrected chi connectivity index (χ4v) is 3.17. The zero-order chi connectivity index (χ0) is 18.8. The van der Waals surface area contributed by atoms with Crippen LogP contribution in [0.15, 0.2) is 18.2 Å². The lowest BCUT2D eigenvalue weighted by Gasteiger charge is -2.32. The van der Waals surface area contributed by atoms with Crippen molar-refractivity contribution in [2.75, 3.05) is 43.4 Å². The average Bonchev–Trinajstić information content (AvgIpc) is 2.58. The molecule has 0 bridgehead atoms. The van der Waals surface area contributed by atoms with Crippen LogP contribution in [-0.4, -0.2) is 54.0 Å². The van der Waals surface area contributed by atoms with E-state index in [0.29, 0.717) is 23.0 Å². The Morgan fingerprint density at radius 2 is 1.77 bits per heavy atom. The monoisotopic (exact) mass is 377 g/mol. The van der Waals surface area contributed by atoms with E-state index in [1.807, 2.05) is 0 Å². The molecule has 2 heterocycles. The zero-order valence-electron chi connectivity index (χ0n) is 15.0. The van der Waals surface area contributed by atoms with E-state index in [4.69, 9.17) is 11.6 Å². The standard InChI is InChI=1S/C18H21ClFN5O/c1-11-16(23-17(26)15-13(19)5-4-6-14(15)20)12(2)22-18(21-11)25-9-7-24(3)8-10-25/h4-6H,7-10H2,1-3H3,(H,23,26). The number of rotatable bonds is 3. The van der Waals surface area contributed by atoms with Crippen molar-refractivity contribution in [1.29, 1.82) is 0 Å². The molecule has 0 radical (unpaired) electrons. The summed E-state index contributed by atoms with van der Waals surface area (Å²) in [5, 5.41) is 2.76. The third-order valence-corrected chi connectivity index (χ3v) is 4.79. The Kier molecular flexibility index (Phi) is 5.38. The highest BCUT2D eigenvalue weighted by Gasteiger charge is 2.21. The number of hydrogen-bond acceptors (Lipinski definition) is 5. The Morgan fingerprint density at radius 1 is 1.15 bits per heavy atom. The van der Waals surface area contributed by atoms with Crippen molar-refractivity contribution in [2.45, 2.75) is 13.8 Å². The predicted octanol–water partition coefficient (Wildman–Crippen LogP) is 2.89. The lowest BCUT2D eigenvalue weighted by molar-refractivity contribution is 0.102. The lowest BCUT2D eigenvalue weighted by Crippen LogP contribution is -2.45. The fourth-order valence-electron chi connectivity index (χ4n) is 2.92. The van der Waals surface area contributed by atoms with Gasteiger partial charge in [0.1, 0.15) is 5.82 Å². The van der Waals surface area contributed by atoms with E-state index < -0.39 is 11.7 Å². The van der Waals surface area contributed by atoms with E-state index in [2.05, 4.69) is 32.1 Å². The van der Waals surface area contributed by atoms with Gasteiger partial charge in [0, 0.05) is 26.2 Å². The Hall–Kier alpha value is -2.25. The molecule has 26 heavy (non-hydrogen) atoms. The van der Waals surface area contributed by atoms with Crippen molar-refractivity contribution in [1.82, 2.24) is 14.9 Å². The van der Waals surface area contributed by atoms with E-state index in [1.54, 1.807) is 13.8 Å². The Balaban J connectivity index is 1.84. The molecule has 0 saturated carbocycles. The van der Waals surface area contributed by atoms with Gasteiger partial charge >= 0.3 is 0 Å². The largest absolute Gasteiger partial charge is 0.338 e. The molecule has 1 fully saturated rings. The summed E-state index contributed by atoms with van der Waals surface area (Å²) < 4.78 is 14.0. The molecule has 1 saturated heterocycles. The molecule has 2 aromatic rings. The SMILES string of the molecule is Cc1nc(N2CCN(C)CC2)nc(C)c1NC(=O)c1c(F)cccc1Cl. The van der Waals surface area contributed by atoms with Gasteiger partial charge in [-0.2, -0.15) is 0 Å². The first-order valence-corrected chi connectivity index (χ1v) is 8.78. The maximum Gasteiger partial charge on any atom is 0.260 e. The third-order valence-electron chi connectivity index (χ3n) is 4.47. The number of aromatic nitrogens is 2. The molecule has 0 aliphatic carbocycles. The number of nitrogens with zero attached hydrogens (tertiary/aromatic N) is 4. The number of carbonyl (C=O) groups is 1. The molecule has 0 atom stereocenters. The minimum absolute atomic E-state index is 0.0628. The number of benzene rings is 1. The highest BCUT2D eigenvalue weighted by Crippen LogP contribution is 2.24. The van der Waals surface area contributed by atoms with Crippen molar-refractivity contribution in [3.63, 3.8) is 0 Å². The summed E-state index contributed by atoms with van der Waals surface area (Å²) in [6.07, 6.45) is 0. The molecule has 3 rings (SSSR count). The topological polar surface area (TPSA) is 61.4 Å². The highest BCUT2D eigenvalue weighted by atomic mass is 35.5. The van der Waals surface area contributed by atoms with Gasteiger partial charge in [-0.15, -0.1) is 0 Å². The summed E-state index contributed by atoms with van der Waals surface area (Å²) in [4.78, 5) is 25.9. The van der Waals surface area contributed by atoms with Crippen LogP contribution in [0.2, 0.25) is 5.02 Å². The third kappa shape index (κ3) is 3.78. The lowest BCUT2D eigenvalue weighted by atomic mass is 10.2. The summed E-state index contributed by atoms with van der Waals surface area (Å²) in [6.45, 7) is 7.20. The molecule has 8 heteroatoms. The van der Waals surface area contributed by atoms with E-state index in [1.165, 1.54) is 18.2 Å². The number of carbonyl (C=O) groups excluding carboxylic acids is 1. The summed E-state index contributed by atoms with van der Waals surface area (Å²) in [6, 6.07) is 4.14. The van der Waals surface area contributed by atoms with Gasteiger partial charge in [-0.3, -0.25) is 4.79 Å². The van der Waals surface area contributed by atoms with Gasteiger partial charge in [-0.25, -0.2) is 14.4 Å². The number of halogens is 2. The van der Waals surface area contributed by atoms with Crippen molar-refractivity contribution in [3.8, 4) is 0 Å². The van der Waals surface area contributed by atoms with E-state index >= 15 is 0 Å². The Labute approximate surface area is 157 Å². The second-order valence-electron chi connectivity index (χ2n) is 6.41. The van der Waals surface area contributed by atoms with Gasteiger partial charge in [0.05, 0.1) is 27.7 Å². The number of nitrogens with one attached hydrogen (secondary N) is 1. The smallest absolute Gasteiger partial charge is 0.260 e. The molecule has 0 unspecified atom stereocenters. The van der Waals surface area contributed by atoms with Crippen molar-refractivity contribution in [3.05, 3.63) is 46.0 Å². The fraction of sp³-hybridized carbons (Fsp3) is 0.389. The Bertz CT molecular complexity index is 793.